The summed E-state index contributed by atoms with van der Waals surface area (Å²) < 4.78 is 5.23. The summed E-state index contributed by atoms with van der Waals surface area (Å²) in [5.41, 5.74) is 4.37. The number of carbonyl (C=O) groups is 3. The predicted molar refractivity (Wildman–Crippen MR) is 185 cm³/mol. The van der Waals surface area contributed by atoms with E-state index in [1.165, 1.54) is 11.8 Å². The zero-order valence-corrected chi connectivity index (χ0v) is 26.2. The van der Waals surface area contributed by atoms with Crippen LogP contribution >= 0.6 is 11.8 Å². The van der Waals surface area contributed by atoms with Crippen molar-refractivity contribution in [1.29, 1.82) is 0 Å². The summed E-state index contributed by atoms with van der Waals surface area (Å²) in [5.74, 6) is -0.347. The third-order valence-corrected chi connectivity index (χ3v) is 8.33. The number of aryl methyl sites for hydroxylation is 1. The van der Waals surface area contributed by atoms with Gasteiger partial charge in [-0.25, -0.2) is 0 Å². The highest BCUT2D eigenvalue weighted by atomic mass is 32.2. The minimum absolute atomic E-state index is 0.0782. The molecule has 3 amide bonds. The molecule has 0 bridgehead atoms. The summed E-state index contributed by atoms with van der Waals surface area (Å²) in [5, 5.41) is 8.20. The Morgan fingerprint density at radius 2 is 1.35 bits per heavy atom. The van der Waals surface area contributed by atoms with E-state index in [0.717, 1.165) is 21.7 Å². The van der Waals surface area contributed by atoms with Gasteiger partial charge in [-0.05, 0) is 84.3 Å². The number of rotatable bonds is 11. The Kier molecular flexibility index (Phi) is 10.7. The molecular weight excluding hydrogens is 595 g/mol. The molecule has 1 atom stereocenters. The Morgan fingerprint density at radius 1 is 0.717 bits per heavy atom. The molecule has 46 heavy (non-hydrogen) atoms. The zero-order valence-electron chi connectivity index (χ0n) is 25.4. The molecule has 0 aromatic heterocycles. The van der Waals surface area contributed by atoms with Crippen molar-refractivity contribution >= 4 is 46.9 Å². The summed E-state index contributed by atoms with van der Waals surface area (Å²) >= 11 is 1.42. The van der Waals surface area contributed by atoms with Crippen LogP contribution in [-0.4, -0.2) is 24.8 Å². The van der Waals surface area contributed by atoms with Gasteiger partial charge in [-0.3, -0.25) is 14.4 Å². The summed E-state index contributed by atoms with van der Waals surface area (Å²) in [6.07, 6.45) is 1.61. The maximum Gasteiger partial charge on any atom is 0.272 e. The third-order valence-electron chi connectivity index (χ3n) is 7.07. The van der Waals surface area contributed by atoms with Crippen LogP contribution in [0.5, 0.6) is 5.75 Å². The minimum Gasteiger partial charge on any atom is -0.497 e. The maximum absolute atomic E-state index is 13.5. The number of ether oxygens (including phenoxy) is 1. The molecule has 0 spiro atoms. The molecule has 230 valence electrons. The normalized spacial score (nSPS) is 11.7. The second-order valence-electron chi connectivity index (χ2n) is 10.3. The van der Waals surface area contributed by atoms with Gasteiger partial charge in [0.2, 0.25) is 5.91 Å². The van der Waals surface area contributed by atoms with Crippen LogP contribution in [0.3, 0.4) is 0 Å². The first-order chi connectivity index (χ1) is 22.4. The largest absolute Gasteiger partial charge is 0.497 e. The average Bonchev–Trinajstić information content (AvgIpc) is 3.09. The molecule has 0 radical (unpaired) electrons. The average molecular weight is 628 g/mol. The van der Waals surface area contributed by atoms with E-state index in [2.05, 4.69) is 16.0 Å². The number of para-hydroxylation sites is 1. The molecule has 5 aromatic carbocycles. The number of carbonyl (C=O) groups excluding carboxylic acids is 3. The van der Waals surface area contributed by atoms with E-state index in [0.29, 0.717) is 22.6 Å². The number of benzene rings is 5. The molecule has 1 unspecified atom stereocenters. The predicted octanol–water partition coefficient (Wildman–Crippen LogP) is 7.89. The lowest BCUT2D eigenvalue weighted by atomic mass is 10.1. The van der Waals surface area contributed by atoms with Crippen LogP contribution in [-0.2, 0) is 9.59 Å². The molecule has 5 aromatic rings. The van der Waals surface area contributed by atoms with E-state index in [9.17, 15) is 14.4 Å². The fourth-order valence-electron chi connectivity index (χ4n) is 4.57. The first kappa shape index (κ1) is 31.8. The van der Waals surface area contributed by atoms with Gasteiger partial charge in [0.25, 0.3) is 11.8 Å². The van der Waals surface area contributed by atoms with Gasteiger partial charge in [0, 0.05) is 21.8 Å². The molecule has 0 heterocycles. The lowest BCUT2D eigenvalue weighted by molar-refractivity contribution is -0.116. The van der Waals surface area contributed by atoms with Crippen LogP contribution < -0.4 is 20.7 Å². The number of hydrogen-bond acceptors (Lipinski definition) is 5. The first-order valence-corrected chi connectivity index (χ1v) is 15.5. The van der Waals surface area contributed by atoms with Crippen LogP contribution in [0.2, 0.25) is 0 Å². The summed E-state index contributed by atoms with van der Waals surface area (Å²) in [6.45, 7) is 1.96. The third kappa shape index (κ3) is 8.52. The van der Waals surface area contributed by atoms with E-state index >= 15 is 0 Å². The van der Waals surface area contributed by atoms with Gasteiger partial charge in [-0.2, -0.15) is 0 Å². The number of anilines is 2. The monoisotopic (exact) mass is 627 g/mol. The van der Waals surface area contributed by atoms with E-state index in [4.69, 9.17) is 4.74 Å². The Balaban J connectivity index is 1.33. The van der Waals surface area contributed by atoms with Crippen molar-refractivity contribution in [2.24, 2.45) is 0 Å². The zero-order chi connectivity index (χ0) is 32.3. The van der Waals surface area contributed by atoms with E-state index in [1.54, 1.807) is 73.8 Å². The molecule has 5 rings (SSSR count). The number of amides is 3. The fourth-order valence-corrected chi connectivity index (χ4v) is 5.60. The number of methoxy groups -OCH3 is 1. The second-order valence-corrected chi connectivity index (χ2v) is 11.5. The molecule has 8 heteroatoms. The van der Waals surface area contributed by atoms with Gasteiger partial charge in [0.05, 0.1) is 7.11 Å². The molecule has 3 N–H and O–H groups in total. The molecule has 0 saturated carbocycles. The maximum atomic E-state index is 13.5. The Hall–Kier alpha value is -5.60. The van der Waals surface area contributed by atoms with Crippen LogP contribution in [0.25, 0.3) is 6.08 Å². The smallest absolute Gasteiger partial charge is 0.272 e. The van der Waals surface area contributed by atoms with Gasteiger partial charge in [0.1, 0.15) is 16.7 Å². The Bertz CT molecular complexity index is 1820. The number of thioether (sulfide) groups is 1. The molecule has 0 aliphatic carbocycles. The van der Waals surface area contributed by atoms with Crippen molar-refractivity contribution in [3.63, 3.8) is 0 Å². The van der Waals surface area contributed by atoms with E-state index in [1.807, 2.05) is 79.7 Å². The van der Waals surface area contributed by atoms with Crippen molar-refractivity contribution < 1.29 is 19.1 Å². The SMILES string of the molecule is COc1ccc(/C=C(\NC(=O)c2ccccc2)C(=O)Nc2ccc(SC(C(=O)Nc3ccccc3C)c3ccccc3)cc2)cc1. The molecule has 7 nitrogen and oxygen atoms in total. The van der Waals surface area contributed by atoms with Crippen molar-refractivity contribution in [3.05, 3.63) is 161 Å². The lowest BCUT2D eigenvalue weighted by Gasteiger charge is -2.18. The number of hydrogen-bond donors (Lipinski definition) is 3. The first-order valence-electron chi connectivity index (χ1n) is 14.6. The Morgan fingerprint density at radius 3 is 2.00 bits per heavy atom. The van der Waals surface area contributed by atoms with Gasteiger partial charge < -0.3 is 20.7 Å². The van der Waals surface area contributed by atoms with Crippen LogP contribution in [0.15, 0.2) is 144 Å². The molecule has 0 saturated heterocycles. The van der Waals surface area contributed by atoms with Crippen molar-refractivity contribution in [1.82, 2.24) is 5.32 Å². The minimum atomic E-state index is -0.506. The quantitative estimate of drug-likeness (QED) is 0.102. The van der Waals surface area contributed by atoms with Gasteiger partial charge in [-0.1, -0.05) is 78.9 Å². The standard InChI is InChI=1S/C38H33N3O4S/c1-26-11-9-10-16-33(26)40-38(44)35(28-12-5-3-6-13-28)46-32-23-19-30(20-24-32)39-37(43)34(25-27-17-21-31(45-2)22-18-27)41-36(42)29-14-7-4-8-15-29/h3-25,35H,1-2H3,(H,39,43)(H,40,44)(H,41,42)/b34-25-. The number of nitrogens with one attached hydrogen (secondary N) is 3. The van der Waals surface area contributed by atoms with Gasteiger partial charge in [0.15, 0.2) is 0 Å². The molecular formula is C38H33N3O4S. The highest BCUT2D eigenvalue weighted by molar-refractivity contribution is 8.00. The highest BCUT2D eigenvalue weighted by Crippen LogP contribution is 2.37. The summed E-state index contributed by atoms with van der Waals surface area (Å²) in [6, 6.07) is 40.4. The second kappa shape index (κ2) is 15.4. The Labute approximate surface area is 272 Å². The summed E-state index contributed by atoms with van der Waals surface area (Å²) in [7, 11) is 1.58. The van der Waals surface area contributed by atoms with Crippen molar-refractivity contribution in [3.8, 4) is 5.75 Å². The van der Waals surface area contributed by atoms with Gasteiger partial charge >= 0.3 is 0 Å². The van der Waals surface area contributed by atoms with Crippen molar-refractivity contribution in [2.75, 3.05) is 17.7 Å². The lowest BCUT2D eigenvalue weighted by Crippen LogP contribution is -2.30. The topological polar surface area (TPSA) is 96.5 Å². The molecule has 0 aliphatic heterocycles. The fraction of sp³-hybridized carbons (Fsp3) is 0.0789. The molecule has 0 aliphatic rings. The van der Waals surface area contributed by atoms with Crippen LogP contribution in [0, 0.1) is 6.92 Å². The molecule has 0 fully saturated rings. The van der Waals surface area contributed by atoms with Crippen LogP contribution in [0.4, 0.5) is 11.4 Å². The van der Waals surface area contributed by atoms with Crippen LogP contribution in [0.1, 0.15) is 32.3 Å². The highest BCUT2D eigenvalue weighted by Gasteiger charge is 2.23. The van der Waals surface area contributed by atoms with Gasteiger partial charge in [-0.15, -0.1) is 11.8 Å². The van der Waals surface area contributed by atoms with E-state index < -0.39 is 17.1 Å². The van der Waals surface area contributed by atoms with Crippen molar-refractivity contribution in [2.45, 2.75) is 17.1 Å². The van der Waals surface area contributed by atoms with E-state index in [-0.39, 0.29) is 11.6 Å². The summed E-state index contributed by atoms with van der Waals surface area (Å²) in [4.78, 5) is 40.8.